The second kappa shape index (κ2) is 6.00. The normalized spacial score (nSPS) is 11.3. The van der Waals surface area contributed by atoms with Gasteiger partial charge in [0, 0.05) is 10.7 Å². The molecule has 0 saturated heterocycles. The van der Waals surface area contributed by atoms with E-state index in [0.717, 1.165) is 0 Å². The van der Waals surface area contributed by atoms with Crippen molar-refractivity contribution in [2.75, 3.05) is 11.9 Å². The maximum Gasteiger partial charge on any atom is 0.240 e. The molecule has 17 heavy (non-hydrogen) atoms. The smallest absolute Gasteiger partial charge is 0.240 e. The van der Waals surface area contributed by atoms with Crippen LogP contribution in [0.15, 0.2) is 24.3 Å². The number of nitrogens with one attached hydrogen (secondary N) is 2. The van der Waals surface area contributed by atoms with Gasteiger partial charge in [-0.05, 0) is 39.0 Å². The Balaban J connectivity index is 2.35. The van der Waals surface area contributed by atoms with Crippen LogP contribution in [-0.2, 0) is 9.63 Å². The van der Waals surface area contributed by atoms with Crippen molar-refractivity contribution in [3.8, 4) is 0 Å². The Bertz CT molecular complexity index is 388. The van der Waals surface area contributed by atoms with E-state index in [2.05, 4.69) is 10.8 Å². The number of hydrogen-bond acceptors (Lipinski definition) is 3. The molecule has 0 spiro atoms. The molecule has 0 aliphatic heterocycles. The summed E-state index contributed by atoms with van der Waals surface area (Å²) in [6.07, 6.45) is 0. The number of benzene rings is 1. The highest BCUT2D eigenvalue weighted by atomic mass is 35.5. The molecule has 5 heteroatoms. The lowest BCUT2D eigenvalue weighted by atomic mass is 10.2. The average Bonchev–Trinajstić information content (AvgIpc) is 2.15. The molecule has 4 nitrogen and oxygen atoms in total. The van der Waals surface area contributed by atoms with E-state index < -0.39 is 0 Å². The third-order valence-corrected chi connectivity index (χ3v) is 1.95. The maximum atomic E-state index is 11.5. The van der Waals surface area contributed by atoms with Crippen molar-refractivity contribution in [3.63, 3.8) is 0 Å². The highest BCUT2D eigenvalue weighted by molar-refractivity contribution is 6.30. The van der Waals surface area contributed by atoms with Crippen LogP contribution < -0.4 is 10.8 Å². The summed E-state index contributed by atoms with van der Waals surface area (Å²) in [6, 6.07) is 6.98. The molecule has 0 aromatic heterocycles. The third-order valence-electron chi connectivity index (χ3n) is 1.72. The van der Waals surface area contributed by atoms with E-state index in [4.69, 9.17) is 16.4 Å². The molecule has 2 N–H and O–H groups in total. The number of hydrogen-bond donors (Lipinski definition) is 2. The van der Waals surface area contributed by atoms with E-state index >= 15 is 0 Å². The summed E-state index contributed by atoms with van der Waals surface area (Å²) < 4.78 is 0. The standard InChI is InChI=1S/C12H17ClN2O2/c1-12(2,3)17-14-8-11(16)15-10-6-4-5-9(13)7-10/h4-7,14H,8H2,1-3H3,(H,15,16). The lowest BCUT2D eigenvalue weighted by molar-refractivity contribution is -0.122. The summed E-state index contributed by atoms with van der Waals surface area (Å²) >= 11 is 5.80. The number of carbonyl (C=O) groups excluding carboxylic acids is 1. The van der Waals surface area contributed by atoms with Gasteiger partial charge in [0.05, 0.1) is 5.60 Å². The van der Waals surface area contributed by atoms with Crippen LogP contribution in [0.25, 0.3) is 0 Å². The van der Waals surface area contributed by atoms with E-state index in [-0.39, 0.29) is 18.1 Å². The van der Waals surface area contributed by atoms with Crippen LogP contribution in [-0.4, -0.2) is 18.1 Å². The summed E-state index contributed by atoms with van der Waals surface area (Å²) in [5, 5.41) is 3.29. The molecule has 0 fully saturated rings. The lowest BCUT2D eigenvalue weighted by Crippen LogP contribution is -2.34. The van der Waals surface area contributed by atoms with Gasteiger partial charge in [0.15, 0.2) is 0 Å². The molecule has 1 amide bonds. The number of hydroxylamine groups is 1. The van der Waals surface area contributed by atoms with Gasteiger partial charge in [0.1, 0.15) is 6.54 Å². The molecule has 0 saturated carbocycles. The Morgan fingerprint density at radius 1 is 1.41 bits per heavy atom. The minimum Gasteiger partial charge on any atom is -0.325 e. The van der Waals surface area contributed by atoms with Gasteiger partial charge in [0.25, 0.3) is 0 Å². The Morgan fingerprint density at radius 2 is 2.12 bits per heavy atom. The van der Waals surface area contributed by atoms with Gasteiger partial charge >= 0.3 is 0 Å². The second-order valence-corrected chi connectivity index (χ2v) is 5.03. The van der Waals surface area contributed by atoms with Gasteiger partial charge in [0.2, 0.25) is 5.91 Å². The van der Waals surface area contributed by atoms with E-state index in [1.165, 1.54) is 0 Å². The van der Waals surface area contributed by atoms with Crippen molar-refractivity contribution in [3.05, 3.63) is 29.3 Å². The zero-order valence-electron chi connectivity index (χ0n) is 10.2. The van der Waals surface area contributed by atoms with Crippen molar-refractivity contribution in [2.24, 2.45) is 0 Å². The largest absolute Gasteiger partial charge is 0.325 e. The fourth-order valence-corrected chi connectivity index (χ4v) is 1.28. The van der Waals surface area contributed by atoms with Crippen molar-refractivity contribution in [2.45, 2.75) is 26.4 Å². The molecule has 1 aromatic rings. The van der Waals surface area contributed by atoms with Crippen LogP contribution >= 0.6 is 11.6 Å². The van der Waals surface area contributed by atoms with Gasteiger partial charge < -0.3 is 5.32 Å². The summed E-state index contributed by atoms with van der Waals surface area (Å²) in [6.45, 7) is 5.78. The van der Waals surface area contributed by atoms with Crippen molar-refractivity contribution in [1.82, 2.24) is 5.48 Å². The van der Waals surface area contributed by atoms with Crippen LogP contribution in [0.5, 0.6) is 0 Å². The minimum atomic E-state index is -0.323. The molecule has 0 heterocycles. The average molecular weight is 257 g/mol. The zero-order chi connectivity index (χ0) is 12.9. The Hall–Kier alpha value is -1.10. The molecule has 0 radical (unpaired) electrons. The molecular weight excluding hydrogens is 240 g/mol. The van der Waals surface area contributed by atoms with E-state index in [0.29, 0.717) is 10.7 Å². The lowest BCUT2D eigenvalue weighted by Gasteiger charge is -2.19. The topological polar surface area (TPSA) is 50.4 Å². The third kappa shape index (κ3) is 6.26. The van der Waals surface area contributed by atoms with Crippen LogP contribution in [0.4, 0.5) is 5.69 Å². The summed E-state index contributed by atoms with van der Waals surface area (Å²) in [7, 11) is 0. The van der Waals surface area contributed by atoms with Crippen molar-refractivity contribution in [1.29, 1.82) is 0 Å². The van der Waals surface area contributed by atoms with Crippen LogP contribution in [0.2, 0.25) is 5.02 Å². The second-order valence-electron chi connectivity index (χ2n) is 4.59. The van der Waals surface area contributed by atoms with Crippen LogP contribution in [0.3, 0.4) is 0 Å². The number of anilines is 1. The fraction of sp³-hybridized carbons (Fsp3) is 0.417. The molecule has 1 rings (SSSR count). The first kappa shape index (κ1) is 14.0. The van der Waals surface area contributed by atoms with E-state index in [1.807, 2.05) is 20.8 Å². The highest BCUT2D eigenvalue weighted by Crippen LogP contribution is 2.14. The summed E-state index contributed by atoms with van der Waals surface area (Å²) in [5.41, 5.74) is 2.96. The monoisotopic (exact) mass is 256 g/mol. The minimum absolute atomic E-state index is 0.0871. The molecule has 0 unspecified atom stereocenters. The first-order valence-electron chi connectivity index (χ1n) is 5.33. The number of rotatable bonds is 4. The molecule has 1 aromatic carbocycles. The summed E-state index contributed by atoms with van der Waals surface area (Å²) in [4.78, 5) is 16.7. The number of amides is 1. The Labute approximate surface area is 106 Å². The zero-order valence-corrected chi connectivity index (χ0v) is 11.0. The fourth-order valence-electron chi connectivity index (χ4n) is 1.09. The SMILES string of the molecule is CC(C)(C)ONCC(=O)Nc1cccc(Cl)c1. The highest BCUT2D eigenvalue weighted by Gasteiger charge is 2.11. The van der Waals surface area contributed by atoms with Crippen LogP contribution in [0, 0.1) is 0 Å². The predicted molar refractivity (Wildman–Crippen MR) is 68.9 cm³/mol. The number of carbonyl (C=O) groups is 1. The first-order valence-corrected chi connectivity index (χ1v) is 5.71. The molecule has 0 aliphatic rings. The van der Waals surface area contributed by atoms with E-state index in [9.17, 15) is 4.79 Å². The number of halogens is 1. The van der Waals surface area contributed by atoms with Crippen molar-refractivity contribution >= 4 is 23.2 Å². The molecule has 94 valence electrons. The Kier molecular flexibility index (Phi) is 4.93. The molecule has 0 aliphatic carbocycles. The first-order chi connectivity index (χ1) is 7.87. The van der Waals surface area contributed by atoms with Gasteiger partial charge in [-0.25, -0.2) is 0 Å². The van der Waals surface area contributed by atoms with Crippen LogP contribution in [0.1, 0.15) is 20.8 Å². The molecular formula is C12H17ClN2O2. The van der Waals surface area contributed by atoms with Gasteiger partial charge in [-0.15, -0.1) is 0 Å². The predicted octanol–water partition coefficient (Wildman–Crippen LogP) is 2.60. The van der Waals surface area contributed by atoms with Crippen molar-refractivity contribution < 1.29 is 9.63 Å². The molecule has 0 atom stereocenters. The molecule has 0 bridgehead atoms. The van der Waals surface area contributed by atoms with Gasteiger partial charge in [-0.2, -0.15) is 5.48 Å². The quantitative estimate of drug-likeness (QED) is 0.815. The Morgan fingerprint density at radius 3 is 2.71 bits per heavy atom. The summed E-state index contributed by atoms with van der Waals surface area (Å²) in [5.74, 6) is -0.184. The maximum absolute atomic E-state index is 11.5. The van der Waals surface area contributed by atoms with Gasteiger partial charge in [-0.1, -0.05) is 17.7 Å². The van der Waals surface area contributed by atoms with E-state index in [1.54, 1.807) is 24.3 Å². The van der Waals surface area contributed by atoms with Gasteiger partial charge in [-0.3, -0.25) is 9.63 Å².